The van der Waals surface area contributed by atoms with E-state index in [0.29, 0.717) is 18.6 Å². The summed E-state index contributed by atoms with van der Waals surface area (Å²) in [5.41, 5.74) is -0.267. The Morgan fingerprint density at radius 3 is 2.20 bits per heavy atom. The molecule has 0 aromatic carbocycles. The summed E-state index contributed by atoms with van der Waals surface area (Å²) in [6, 6.07) is 0. The molecule has 1 heterocycles. The minimum Gasteiger partial charge on any atom is -0.388 e. The van der Waals surface area contributed by atoms with Gasteiger partial charge in [-0.05, 0) is 31.1 Å². The van der Waals surface area contributed by atoms with Crippen LogP contribution in [0.4, 0.5) is 0 Å². The normalized spacial score (nSPS) is 19.5. The third kappa shape index (κ3) is 5.55. The summed E-state index contributed by atoms with van der Waals surface area (Å²) in [6.45, 7) is 7.65. The summed E-state index contributed by atoms with van der Waals surface area (Å²) in [4.78, 5) is 2.31. The van der Waals surface area contributed by atoms with Crippen molar-refractivity contribution in [2.24, 2.45) is 5.41 Å². The summed E-state index contributed by atoms with van der Waals surface area (Å²) in [7, 11) is 2.14. The maximum absolute atomic E-state index is 10.6. The van der Waals surface area contributed by atoms with Gasteiger partial charge in [0.15, 0.2) is 0 Å². The second-order valence-electron chi connectivity index (χ2n) is 6.67. The third-order valence-electron chi connectivity index (χ3n) is 4.49. The Balaban J connectivity index is 2.58. The first kappa shape index (κ1) is 18.3. The molecule has 1 aliphatic heterocycles. The van der Waals surface area contributed by atoms with E-state index >= 15 is 0 Å². The van der Waals surface area contributed by atoms with Crippen LogP contribution >= 0.6 is 12.6 Å². The fourth-order valence-corrected chi connectivity index (χ4v) is 4.01. The van der Waals surface area contributed by atoms with Gasteiger partial charge in [0.05, 0.1) is 5.60 Å². The molecule has 0 spiro atoms. The molecule has 20 heavy (non-hydrogen) atoms. The number of thiol groups is 1. The van der Waals surface area contributed by atoms with Crippen molar-refractivity contribution >= 4 is 12.6 Å². The van der Waals surface area contributed by atoms with Crippen molar-refractivity contribution in [1.29, 1.82) is 0 Å². The lowest BCUT2D eigenvalue weighted by atomic mass is 9.80. The minimum absolute atomic E-state index is 0.295. The van der Waals surface area contributed by atoms with Gasteiger partial charge in [-0.2, -0.15) is 12.6 Å². The Morgan fingerprint density at radius 1 is 1.20 bits per heavy atom. The van der Waals surface area contributed by atoms with E-state index in [2.05, 4.69) is 38.4 Å². The molecule has 1 aliphatic rings. The number of likely N-dealkylation sites (N-methyl/N-ethyl adjacent to an activating group) is 1. The molecular formula is C16H33NO2S. The summed E-state index contributed by atoms with van der Waals surface area (Å²) in [5, 5.41) is 10.6. The first-order chi connectivity index (χ1) is 9.49. The average molecular weight is 304 g/mol. The van der Waals surface area contributed by atoms with Crippen molar-refractivity contribution in [3.63, 3.8) is 0 Å². The van der Waals surface area contributed by atoms with Gasteiger partial charge in [0.25, 0.3) is 0 Å². The van der Waals surface area contributed by atoms with E-state index in [-0.39, 0.29) is 0 Å². The van der Waals surface area contributed by atoms with Gasteiger partial charge in [0.2, 0.25) is 0 Å². The molecule has 0 unspecified atom stereocenters. The second-order valence-corrected chi connectivity index (χ2v) is 6.98. The van der Waals surface area contributed by atoms with Crippen LogP contribution in [0.1, 0.15) is 52.4 Å². The smallest absolute Gasteiger partial charge is 0.0817 e. The molecule has 0 atom stereocenters. The lowest BCUT2D eigenvalue weighted by Gasteiger charge is -2.40. The Kier molecular flexibility index (Phi) is 7.88. The Hall–Kier alpha value is 0.230. The van der Waals surface area contributed by atoms with Crippen molar-refractivity contribution in [3.8, 4) is 0 Å². The largest absolute Gasteiger partial charge is 0.388 e. The van der Waals surface area contributed by atoms with Gasteiger partial charge >= 0.3 is 0 Å². The van der Waals surface area contributed by atoms with E-state index < -0.39 is 5.60 Å². The minimum atomic E-state index is -0.562. The molecule has 1 N–H and O–H groups in total. The molecule has 3 nitrogen and oxygen atoms in total. The predicted molar refractivity (Wildman–Crippen MR) is 88.6 cm³/mol. The lowest BCUT2D eigenvalue weighted by molar-refractivity contribution is -0.0802. The number of nitrogens with zero attached hydrogens (tertiary/aromatic N) is 1. The van der Waals surface area contributed by atoms with Gasteiger partial charge < -0.3 is 14.7 Å². The van der Waals surface area contributed by atoms with E-state index in [4.69, 9.17) is 4.74 Å². The number of hydrogen-bond acceptors (Lipinski definition) is 4. The highest BCUT2D eigenvalue weighted by Crippen LogP contribution is 2.33. The van der Waals surface area contributed by atoms with E-state index in [0.717, 1.165) is 31.7 Å². The number of ether oxygens (including phenoxy) is 1. The zero-order valence-corrected chi connectivity index (χ0v) is 14.4. The molecule has 0 aromatic rings. The highest BCUT2D eigenvalue weighted by Gasteiger charge is 2.34. The molecule has 0 bridgehead atoms. The van der Waals surface area contributed by atoms with Crippen LogP contribution in [0.15, 0.2) is 0 Å². The zero-order chi connectivity index (χ0) is 15.1. The highest BCUT2D eigenvalue weighted by molar-refractivity contribution is 7.80. The van der Waals surface area contributed by atoms with Gasteiger partial charge in [-0.15, -0.1) is 0 Å². The van der Waals surface area contributed by atoms with Crippen molar-refractivity contribution in [2.45, 2.75) is 58.0 Å². The van der Waals surface area contributed by atoms with Crippen molar-refractivity contribution in [3.05, 3.63) is 0 Å². The van der Waals surface area contributed by atoms with Crippen molar-refractivity contribution in [1.82, 2.24) is 4.90 Å². The van der Waals surface area contributed by atoms with Crippen LogP contribution in [0.3, 0.4) is 0 Å². The molecule has 0 aliphatic carbocycles. The van der Waals surface area contributed by atoms with Crippen LogP contribution in [-0.4, -0.2) is 54.7 Å². The molecule has 120 valence electrons. The molecule has 0 aromatic heterocycles. The van der Waals surface area contributed by atoms with E-state index in [9.17, 15) is 5.11 Å². The maximum Gasteiger partial charge on any atom is 0.0817 e. The predicted octanol–water partition coefficient (Wildman–Crippen LogP) is 2.98. The summed E-state index contributed by atoms with van der Waals surface area (Å²) in [6.07, 6.45) is 6.35. The number of aliphatic hydroxyl groups is 1. The lowest BCUT2D eigenvalue weighted by Crippen LogP contribution is -2.48. The molecule has 1 rings (SSSR count). The fraction of sp³-hybridized carbons (Fsp3) is 1.00. The maximum atomic E-state index is 10.6. The van der Waals surface area contributed by atoms with Gasteiger partial charge in [0.1, 0.15) is 0 Å². The molecule has 0 radical (unpaired) electrons. The Bertz CT molecular complexity index is 261. The molecule has 4 heteroatoms. The van der Waals surface area contributed by atoms with Crippen LogP contribution in [0.5, 0.6) is 0 Å². The summed E-state index contributed by atoms with van der Waals surface area (Å²) < 4.78 is 5.35. The van der Waals surface area contributed by atoms with Crippen LogP contribution in [0, 0.1) is 5.41 Å². The topological polar surface area (TPSA) is 32.7 Å². The summed E-state index contributed by atoms with van der Waals surface area (Å²) in [5.74, 6) is 0.931. The van der Waals surface area contributed by atoms with Crippen LogP contribution in [-0.2, 0) is 4.74 Å². The van der Waals surface area contributed by atoms with E-state index in [1.54, 1.807) is 0 Å². The molecule has 0 amide bonds. The monoisotopic (exact) mass is 303 g/mol. The molecular weight excluding hydrogens is 270 g/mol. The van der Waals surface area contributed by atoms with E-state index in [1.165, 1.54) is 25.7 Å². The highest BCUT2D eigenvalue weighted by atomic mass is 32.1. The van der Waals surface area contributed by atoms with Gasteiger partial charge in [0, 0.05) is 39.1 Å². The fourth-order valence-electron chi connectivity index (χ4n) is 3.59. The Morgan fingerprint density at radius 2 is 1.75 bits per heavy atom. The first-order valence-corrected chi connectivity index (χ1v) is 8.72. The van der Waals surface area contributed by atoms with Crippen molar-refractivity contribution in [2.75, 3.05) is 39.1 Å². The average Bonchev–Trinajstić information content (AvgIpc) is 2.39. The molecule has 0 saturated carbocycles. The third-order valence-corrected chi connectivity index (χ3v) is 5.16. The van der Waals surface area contributed by atoms with Gasteiger partial charge in [-0.25, -0.2) is 0 Å². The number of rotatable bonds is 9. The zero-order valence-electron chi connectivity index (χ0n) is 13.5. The Labute approximate surface area is 130 Å². The SMILES string of the molecule is CCCC(CS)(CCC)CN(C)CC1(O)CCOCC1. The van der Waals surface area contributed by atoms with Crippen molar-refractivity contribution < 1.29 is 9.84 Å². The molecule has 1 fully saturated rings. The molecule has 1 saturated heterocycles. The summed E-state index contributed by atoms with van der Waals surface area (Å²) >= 11 is 4.62. The van der Waals surface area contributed by atoms with Crippen LogP contribution < -0.4 is 0 Å². The number of hydrogen-bond donors (Lipinski definition) is 2. The first-order valence-electron chi connectivity index (χ1n) is 8.09. The van der Waals surface area contributed by atoms with Crippen LogP contribution in [0.2, 0.25) is 0 Å². The van der Waals surface area contributed by atoms with Gasteiger partial charge in [-0.1, -0.05) is 26.7 Å². The van der Waals surface area contributed by atoms with Gasteiger partial charge in [-0.3, -0.25) is 0 Å². The van der Waals surface area contributed by atoms with Crippen LogP contribution in [0.25, 0.3) is 0 Å². The second kappa shape index (κ2) is 8.62. The quantitative estimate of drug-likeness (QED) is 0.642. The van der Waals surface area contributed by atoms with E-state index in [1.807, 2.05) is 0 Å². The standard InChI is InChI=1S/C16H33NO2S/c1-4-6-15(14-20,7-5-2)12-17(3)13-16(18)8-10-19-11-9-16/h18,20H,4-14H2,1-3H3.